The van der Waals surface area contributed by atoms with Crippen molar-refractivity contribution >= 4 is 34.2 Å². The number of para-hydroxylation sites is 1. The number of aromatic nitrogens is 4. The molecule has 1 fully saturated rings. The van der Waals surface area contributed by atoms with Gasteiger partial charge in [-0.15, -0.1) is 10.2 Å². The highest BCUT2D eigenvalue weighted by Crippen LogP contribution is 2.32. The molecule has 2 aromatic carbocycles. The molecule has 158 valence electrons. The maximum Gasteiger partial charge on any atom is 0.235 e. The molecular weight excluding hydrogens is 410 g/mol. The van der Waals surface area contributed by atoms with Crippen molar-refractivity contribution in [2.75, 3.05) is 20.2 Å². The molecule has 0 aliphatic carbocycles. The minimum absolute atomic E-state index is 0.152. The summed E-state index contributed by atoms with van der Waals surface area (Å²) in [7, 11) is 1.65. The van der Waals surface area contributed by atoms with E-state index < -0.39 is 0 Å². The van der Waals surface area contributed by atoms with Crippen molar-refractivity contribution in [2.45, 2.75) is 30.2 Å². The first-order valence-corrected chi connectivity index (χ1v) is 11.3. The molecule has 1 aliphatic rings. The molecule has 3 heterocycles. The van der Waals surface area contributed by atoms with E-state index in [0.717, 1.165) is 59.6 Å². The van der Waals surface area contributed by atoms with Gasteiger partial charge in [-0.05, 0) is 56.2 Å². The van der Waals surface area contributed by atoms with Crippen LogP contribution in [0.1, 0.15) is 19.8 Å². The zero-order chi connectivity index (χ0) is 21.4. The van der Waals surface area contributed by atoms with Crippen LogP contribution >= 0.6 is 11.8 Å². The highest BCUT2D eigenvalue weighted by atomic mass is 32.2. The van der Waals surface area contributed by atoms with Crippen molar-refractivity contribution in [1.82, 2.24) is 24.5 Å². The molecule has 0 radical (unpaired) electrons. The average molecular weight is 434 g/mol. The molecule has 0 unspecified atom stereocenters. The first-order valence-electron chi connectivity index (χ1n) is 10.4. The van der Waals surface area contributed by atoms with Gasteiger partial charge in [-0.25, -0.2) is 4.98 Å². The zero-order valence-corrected chi connectivity index (χ0v) is 18.3. The summed E-state index contributed by atoms with van der Waals surface area (Å²) in [5, 5.41) is 10.3. The van der Waals surface area contributed by atoms with Gasteiger partial charge in [0, 0.05) is 24.0 Å². The molecule has 1 aliphatic heterocycles. The third-order valence-electron chi connectivity index (χ3n) is 5.61. The molecule has 0 saturated carbocycles. The topological polar surface area (TPSA) is 72.6 Å². The van der Waals surface area contributed by atoms with E-state index in [1.807, 2.05) is 64.8 Å². The van der Waals surface area contributed by atoms with E-state index in [2.05, 4.69) is 10.2 Å². The molecule has 0 bridgehead atoms. The standard InChI is InChI=1S/C23H23N5O2S/c1-15(22(29)27-13-5-6-14-27)31-23-26-25-21-18-7-3-4-8-19(18)24-20(28(21)23)16-9-11-17(30-2)12-10-16/h3-4,7-12,15H,5-6,13-14H2,1-2H3/t15-/m1/s1. The van der Waals surface area contributed by atoms with Crippen molar-refractivity contribution in [2.24, 2.45) is 0 Å². The van der Waals surface area contributed by atoms with Crippen molar-refractivity contribution in [1.29, 1.82) is 0 Å². The van der Waals surface area contributed by atoms with E-state index in [9.17, 15) is 4.79 Å². The molecule has 1 atom stereocenters. The van der Waals surface area contributed by atoms with Gasteiger partial charge in [0.25, 0.3) is 0 Å². The van der Waals surface area contributed by atoms with Crippen LogP contribution in [-0.2, 0) is 4.79 Å². The maximum atomic E-state index is 12.9. The van der Waals surface area contributed by atoms with Crippen LogP contribution in [0.25, 0.3) is 27.9 Å². The Bertz CT molecular complexity index is 1250. The van der Waals surface area contributed by atoms with Crippen LogP contribution in [0.2, 0.25) is 0 Å². The summed E-state index contributed by atoms with van der Waals surface area (Å²) in [6.45, 7) is 3.62. The molecule has 1 amide bonds. The van der Waals surface area contributed by atoms with E-state index >= 15 is 0 Å². The number of amides is 1. The Hall–Kier alpha value is -3.13. The number of methoxy groups -OCH3 is 1. The van der Waals surface area contributed by atoms with E-state index in [1.165, 1.54) is 11.8 Å². The number of fused-ring (bicyclic) bond motifs is 3. The average Bonchev–Trinajstić information content (AvgIpc) is 3.49. The Morgan fingerprint density at radius 1 is 1.06 bits per heavy atom. The zero-order valence-electron chi connectivity index (χ0n) is 17.5. The van der Waals surface area contributed by atoms with Crippen LogP contribution in [0.3, 0.4) is 0 Å². The SMILES string of the molecule is COc1ccc(-c2nc3ccccc3c3nnc(S[C@H](C)C(=O)N4CCCC4)n23)cc1. The van der Waals surface area contributed by atoms with E-state index in [0.29, 0.717) is 5.16 Å². The Morgan fingerprint density at radius 3 is 2.55 bits per heavy atom. The van der Waals surface area contributed by atoms with Crippen molar-refractivity contribution in [3.8, 4) is 17.1 Å². The number of ether oxygens (including phenoxy) is 1. The molecule has 4 aromatic rings. The second-order valence-corrected chi connectivity index (χ2v) is 8.92. The summed E-state index contributed by atoms with van der Waals surface area (Å²) in [6.07, 6.45) is 2.16. The van der Waals surface area contributed by atoms with Gasteiger partial charge in [0.05, 0.1) is 17.9 Å². The first-order chi connectivity index (χ1) is 15.2. The lowest BCUT2D eigenvalue weighted by Gasteiger charge is -2.19. The van der Waals surface area contributed by atoms with Crippen molar-refractivity contribution in [3.63, 3.8) is 0 Å². The fraction of sp³-hybridized carbons (Fsp3) is 0.304. The molecule has 7 nitrogen and oxygen atoms in total. The van der Waals surface area contributed by atoms with Crippen molar-refractivity contribution < 1.29 is 9.53 Å². The summed E-state index contributed by atoms with van der Waals surface area (Å²) < 4.78 is 7.26. The minimum Gasteiger partial charge on any atom is -0.497 e. The highest BCUT2D eigenvalue weighted by molar-refractivity contribution is 8.00. The molecule has 31 heavy (non-hydrogen) atoms. The number of likely N-dealkylation sites (tertiary alicyclic amines) is 1. The predicted octanol–water partition coefficient (Wildman–Crippen LogP) is 4.06. The third kappa shape index (κ3) is 3.61. The number of thioether (sulfide) groups is 1. The Kier molecular flexibility index (Phi) is 5.23. The van der Waals surface area contributed by atoms with Gasteiger partial charge in [0.2, 0.25) is 5.91 Å². The van der Waals surface area contributed by atoms with Crippen LogP contribution in [-0.4, -0.2) is 55.8 Å². The van der Waals surface area contributed by atoms with Gasteiger partial charge in [0.1, 0.15) is 11.6 Å². The summed E-state index contributed by atoms with van der Waals surface area (Å²) >= 11 is 1.43. The number of carbonyl (C=O) groups excluding carboxylic acids is 1. The summed E-state index contributed by atoms with van der Waals surface area (Å²) in [6, 6.07) is 15.7. The Labute approximate surface area is 184 Å². The van der Waals surface area contributed by atoms with Crippen LogP contribution < -0.4 is 4.74 Å². The number of hydrogen-bond acceptors (Lipinski definition) is 6. The van der Waals surface area contributed by atoms with E-state index in [4.69, 9.17) is 9.72 Å². The molecule has 8 heteroatoms. The normalized spacial score (nSPS) is 15.0. The van der Waals surface area contributed by atoms with Crippen LogP contribution in [0.5, 0.6) is 5.75 Å². The fourth-order valence-electron chi connectivity index (χ4n) is 3.97. The molecule has 0 N–H and O–H groups in total. The number of rotatable bonds is 5. The van der Waals surface area contributed by atoms with Gasteiger partial charge in [-0.2, -0.15) is 0 Å². The lowest BCUT2D eigenvalue weighted by atomic mass is 10.1. The fourth-order valence-corrected chi connectivity index (χ4v) is 4.91. The summed E-state index contributed by atoms with van der Waals surface area (Å²) in [5.41, 5.74) is 2.52. The van der Waals surface area contributed by atoms with Crippen molar-refractivity contribution in [3.05, 3.63) is 48.5 Å². The van der Waals surface area contributed by atoms with E-state index in [-0.39, 0.29) is 11.2 Å². The van der Waals surface area contributed by atoms with E-state index in [1.54, 1.807) is 7.11 Å². The molecule has 5 rings (SSSR count). The van der Waals surface area contributed by atoms with Gasteiger partial charge < -0.3 is 9.64 Å². The number of hydrogen-bond donors (Lipinski definition) is 0. The maximum absolute atomic E-state index is 12.9. The number of carbonyl (C=O) groups is 1. The van der Waals surface area contributed by atoms with Gasteiger partial charge in [0.15, 0.2) is 10.8 Å². The van der Waals surface area contributed by atoms with Gasteiger partial charge in [-0.1, -0.05) is 23.9 Å². The second-order valence-electron chi connectivity index (χ2n) is 7.62. The van der Waals surface area contributed by atoms with Gasteiger partial charge >= 0.3 is 0 Å². The Morgan fingerprint density at radius 2 is 1.81 bits per heavy atom. The Balaban J connectivity index is 1.62. The number of nitrogens with zero attached hydrogens (tertiary/aromatic N) is 5. The largest absolute Gasteiger partial charge is 0.497 e. The predicted molar refractivity (Wildman–Crippen MR) is 121 cm³/mol. The van der Waals surface area contributed by atoms with Crippen LogP contribution in [0.15, 0.2) is 53.7 Å². The smallest absolute Gasteiger partial charge is 0.235 e. The lowest BCUT2D eigenvalue weighted by Crippen LogP contribution is -2.34. The van der Waals surface area contributed by atoms with Crippen LogP contribution in [0.4, 0.5) is 0 Å². The number of benzene rings is 2. The third-order valence-corrected chi connectivity index (χ3v) is 6.64. The monoisotopic (exact) mass is 433 g/mol. The quantitative estimate of drug-likeness (QED) is 0.442. The highest BCUT2D eigenvalue weighted by Gasteiger charge is 2.26. The minimum atomic E-state index is -0.249. The summed E-state index contributed by atoms with van der Waals surface area (Å²) in [4.78, 5) is 19.7. The van der Waals surface area contributed by atoms with Gasteiger partial charge in [-0.3, -0.25) is 9.20 Å². The van der Waals surface area contributed by atoms with Crippen LogP contribution in [0, 0.1) is 0 Å². The second kappa shape index (κ2) is 8.19. The molecule has 1 saturated heterocycles. The summed E-state index contributed by atoms with van der Waals surface area (Å²) in [5.74, 6) is 1.67. The molecule has 0 spiro atoms. The lowest BCUT2D eigenvalue weighted by molar-refractivity contribution is -0.129. The molecular formula is C23H23N5O2S. The molecule has 2 aromatic heterocycles. The first kappa shape index (κ1) is 19.8.